The maximum atomic E-state index is 11.5. The minimum Gasteiger partial charge on any atom is -0.493 e. The van der Waals surface area contributed by atoms with Crippen LogP contribution in [-0.4, -0.2) is 16.2 Å². The third-order valence-electron chi connectivity index (χ3n) is 2.64. The van der Waals surface area contributed by atoms with Crippen molar-refractivity contribution in [2.75, 3.05) is 12.3 Å². The molecule has 7 heteroatoms. The van der Waals surface area contributed by atoms with Gasteiger partial charge in [0.1, 0.15) is 5.75 Å². The van der Waals surface area contributed by atoms with Gasteiger partial charge in [0.05, 0.1) is 11.1 Å². The monoisotopic (exact) mass is 339 g/mol. The van der Waals surface area contributed by atoms with Crippen LogP contribution >= 0.6 is 15.9 Å². The summed E-state index contributed by atoms with van der Waals surface area (Å²) in [4.78, 5) is 24.9. The Balaban J connectivity index is 1.89. The summed E-state index contributed by atoms with van der Waals surface area (Å²) in [6.45, 7) is 0.906. The van der Waals surface area contributed by atoms with Crippen LogP contribution in [0.15, 0.2) is 44.5 Å². The summed E-state index contributed by atoms with van der Waals surface area (Å²) in [6.07, 6.45) is 2.11. The van der Waals surface area contributed by atoms with E-state index in [1.807, 2.05) is 12.1 Å². The summed E-state index contributed by atoms with van der Waals surface area (Å²) in [5, 5.41) is 0. The lowest BCUT2D eigenvalue weighted by atomic mass is 10.3. The number of benzene rings is 1. The van der Waals surface area contributed by atoms with Gasteiger partial charge >= 0.3 is 5.69 Å². The molecule has 0 unspecified atom stereocenters. The SMILES string of the molecule is Nc1cccc(OCCCn2cc(Br)c(=O)[nH]c2=O)c1. The standard InChI is InChI=1S/C13H14BrN3O3/c14-11-8-17(13(19)16-12(11)18)5-2-6-20-10-4-1-3-9(15)7-10/h1,3-4,7-8H,2,5-6,15H2,(H,16,18,19). The molecule has 1 aromatic heterocycles. The van der Waals surface area contributed by atoms with E-state index in [1.54, 1.807) is 12.1 Å². The lowest BCUT2D eigenvalue weighted by Crippen LogP contribution is -2.30. The third kappa shape index (κ3) is 3.74. The molecular formula is C13H14BrN3O3. The lowest BCUT2D eigenvalue weighted by Gasteiger charge is -2.08. The maximum Gasteiger partial charge on any atom is 0.328 e. The largest absolute Gasteiger partial charge is 0.493 e. The third-order valence-corrected chi connectivity index (χ3v) is 3.20. The zero-order valence-corrected chi connectivity index (χ0v) is 12.2. The molecule has 106 valence electrons. The van der Waals surface area contributed by atoms with Crippen molar-refractivity contribution >= 4 is 21.6 Å². The van der Waals surface area contributed by atoms with Crippen molar-refractivity contribution in [2.45, 2.75) is 13.0 Å². The van der Waals surface area contributed by atoms with Crippen molar-refractivity contribution in [3.63, 3.8) is 0 Å². The van der Waals surface area contributed by atoms with Crippen LogP contribution < -0.4 is 21.7 Å². The molecule has 0 bridgehead atoms. The van der Waals surface area contributed by atoms with Crippen LogP contribution in [0.2, 0.25) is 0 Å². The Morgan fingerprint density at radius 3 is 2.90 bits per heavy atom. The zero-order chi connectivity index (χ0) is 14.5. The van der Waals surface area contributed by atoms with Crippen molar-refractivity contribution in [2.24, 2.45) is 0 Å². The highest BCUT2D eigenvalue weighted by molar-refractivity contribution is 9.10. The van der Waals surface area contributed by atoms with E-state index in [9.17, 15) is 9.59 Å². The van der Waals surface area contributed by atoms with Crippen LogP contribution in [0.5, 0.6) is 5.75 Å². The molecule has 0 aliphatic carbocycles. The summed E-state index contributed by atoms with van der Waals surface area (Å²) in [5.41, 5.74) is 5.43. The molecule has 0 saturated carbocycles. The quantitative estimate of drug-likeness (QED) is 0.635. The Bertz CT molecular complexity index is 708. The molecule has 0 radical (unpaired) electrons. The van der Waals surface area contributed by atoms with Gasteiger partial charge < -0.3 is 10.5 Å². The van der Waals surface area contributed by atoms with Gasteiger partial charge in [-0.05, 0) is 34.5 Å². The van der Waals surface area contributed by atoms with Gasteiger partial charge in [-0.1, -0.05) is 6.07 Å². The van der Waals surface area contributed by atoms with E-state index in [1.165, 1.54) is 10.8 Å². The van der Waals surface area contributed by atoms with Crippen LogP contribution in [0.4, 0.5) is 5.69 Å². The second-order valence-electron chi connectivity index (χ2n) is 4.20. The molecule has 0 amide bonds. The molecule has 2 aromatic rings. The highest BCUT2D eigenvalue weighted by Crippen LogP contribution is 2.14. The summed E-state index contributed by atoms with van der Waals surface area (Å²) in [6, 6.07) is 7.15. The first kappa shape index (κ1) is 14.4. The summed E-state index contributed by atoms with van der Waals surface area (Å²) in [5.74, 6) is 0.694. The van der Waals surface area contributed by atoms with E-state index in [-0.39, 0.29) is 0 Å². The Hall–Kier alpha value is -2.02. The lowest BCUT2D eigenvalue weighted by molar-refractivity contribution is 0.300. The van der Waals surface area contributed by atoms with E-state index in [2.05, 4.69) is 20.9 Å². The predicted octanol–water partition coefficient (Wildman–Crippen LogP) is 1.35. The second-order valence-corrected chi connectivity index (χ2v) is 5.06. The Morgan fingerprint density at radius 2 is 2.15 bits per heavy atom. The van der Waals surface area contributed by atoms with Crippen molar-refractivity contribution < 1.29 is 4.74 Å². The second kappa shape index (κ2) is 6.42. The highest BCUT2D eigenvalue weighted by atomic mass is 79.9. The number of aromatic amines is 1. The fourth-order valence-electron chi connectivity index (χ4n) is 1.68. The van der Waals surface area contributed by atoms with Crippen LogP contribution in [0, 0.1) is 0 Å². The number of aryl methyl sites for hydroxylation is 1. The Labute approximate surface area is 123 Å². The van der Waals surface area contributed by atoms with Crippen molar-refractivity contribution in [3.8, 4) is 5.75 Å². The molecule has 0 aliphatic heterocycles. The van der Waals surface area contributed by atoms with Gasteiger partial charge in [0.2, 0.25) is 0 Å². The fraction of sp³-hybridized carbons (Fsp3) is 0.231. The first-order valence-electron chi connectivity index (χ1n) is 6.04. The van der Waals surface area contributed by atoms with E-state index in [4.69, 9.17) is 10.5 Å². The number of hydrogen-bond acceptors (Lipinski definition) is 4. The number of H-pyrrole nitrogens is 1. The van der Waals surface area contributed by atoms with Crippen molar-refractivity contribution in [3.05, 3.63) is 55.8 Å². The molecule has 0 atom stereocenters. The summed E-state index contributed by atoms with van der Waals surface area (Å²) in [7, 11) is 0. The zero-order valence-electron chi connectivity index (χ0n) is 10.6. The summed E-state index contributed by atoms with van der Waals surface area (Å²) < 4.78 is 7.28. The number of halogens is 1. The molecule has 20 heavy (non-hydrogen) atoms. The van der Waals surface area contributed by atoms with E-state index in [0.29, 0.717) is 35.5 Å². The molecule has 1 heterocycles. The molecular weight excluding hydrogens is 326 g/mol. The summed E-state index contributed by atoms with van der Waals surface area (Å²) >= 11 is 3.09. The first-order chi connectivity index (χ1) is 9.56. The van der Waals surface area contributed by atoms with Crippen LogP contribution in [0.1, 0.15) is 6.42 Å². The highest BCUT2D eigenvalue weighted by Gasteiger charge is 2.02. The number of nitrogen functional groups attached to an aromatic ring is 1. The van der Waals surface area contributed by atoms with Gasteiger partial charge in [-0.2, -0.15) is 0 Å². The minimum absolute atomic E-state index is 0.328. The van der Waals surface area contributed by atoms with Crippen molar-refractivity contribution in [1.29, 1.82) is 0 Å². The normalized spacial score (nSPS) is 10.4. The molecule has 6 nitrogen and oxygen atoms in total. The van der Waals surface area contributed by atoms with E-state index >= 15 is 0 Å². The Kier molecular flexibility index (Phi) is 4.62. The van der Waals surface area contributed by atoms with Gasteiger partial charge in [0.25, 0.3) is 5.56 Å². The number of rotatable bonds is 5. The van der Waals surface area contributed by atoms with E-state index < -0.39 is 11.2 Å². The maximum absolute atomic E-state index is 11.5. The number of nitrogens with one attached hydrogen (secondary N) is 1. The number of nitrogens with zero attached hydrogens (tertiary/aromatic N) is 1. The molecule has 0 aliphatic rings. The minimum atomic E-state index is -0.429. The molecule has 2 rings (SSSR count). The van der Waals surface area contributed by atoms with Gasteiger partial charge in [-0.15, -0.1) is 0 Å². The Morgan fingerprint density at radius 1 is 1.35 bits per heavy atom. The van der Waals surface area contributed by atoms with Gasteiger partial charge in [-0.25, -0.2) is 4.79 Å². The van der Waals surface area contributed by atoms with Crippen LogP contribution in [0.3, 0.4) is 0 Å². The van der Waals surface area contributed by atoms with E-state index in [0.717, 1.165) is 0 Å². The molecule has 1 aromatic carbocycles. The molecule has 0 spiro atoms. The van der Waals surface area contributed by atoms with Gasteiger partial charge in [0.15, 0.2) is 0 Å². The fourth-order valence-corrected chi connectivity index (χ4v) is 2.02. The number of ether oxygens (including phenoxy) is 1. The predicted molar refractivity (Wildman–Crippen MR) is 80.0 cm³/mol. The molecule has 0 saturated heterocycles. The first-order valence-corrected chi connectivity index (χ1v) is 6.83. The molecule has 3 N–H and O–H groups in total. The average molecular weight is 340 g/mol. The van der Waals surface area contributed by atoms with Gasteiger partial charge in [0, 0.05) is 24.5 Å². The van der Waals surface area contributed by atoms with Crippen LogP contribution in [0.25, 0.3) is 0 Å². The van der Waals surface area contributed by atoms with Crippen LogP contribution in [-0.2, 0) is 6.54 Å². The average Bonchev–Trinajstić information content (AvgIpc) is 2.40. The van der Waals surface area contributed by atoms with Crippen molar-refractivity contribution in [1.82, 2.24) is 9.55 Å². The number of nitrogens with two attached hydrogens (primary N) is 1. The number of anilines is 1. The molecule has 0 fully saturated rings. The number of hydrogen-bond donors (Lipinski definition) is 2. The van der Waals surface area contributed by atoms with Gasteiger partial charge in [-0.3, -0.25) is 14.3 Å². The number of aromatic nitrogens is 2. The topological polar surface area (TPSA) is 90.1 Å². The smallest absolute Gasteiger partial charge is 0.328 e.